The Bertz CT molecular complexity index is 1240. The molecule has 1 fully saturated rings. The highest BCUT2D eigenvalue weighted by molar-refractivity contribution is 7.99. The van der Waals surface area contributed by atoms with Crippen molar-refractivity contribution in [2.24, 2.45) is 0 Å². The summed E-state index contributed by atoms with van der Waals surface area (Å²) in [7, 11) is 0. The Morgan fingerprint density at radius 1 is 0.912 bits per heavy atom. The van der Waals surface area contributed by atoms with Crippen LogP contribution in [0.1, 0.15) is 15.9 Å². The standard InChI is InChI=1S/C26H22FN3O3S/c27-21-9-3-4-10-22(21)29-13-15-30(16-14-29)25(31)18-33-26(32)20-8-2-6-12-24(20)34-23-11-5-1-7-19(23)17-28/h1-12H,13-16,18H2. The minimum Gasteiger partial charge on any atom is -0.452 e. The summed E-state index contributed by atoms with van der Waals surface area (Å²) in [5, 5.41) is 9.32. The fourth-order valence-corrected chi connectivity index (χ4v) is 4.71. The zero-order valence-electron chi connectivity index (χ0n) is 18.3. The lowest BCUT2D eigenvalue weighted by molar-refractivity contribution is -0.134. The lowest BCUT2D eigenvalue weighted by atomic mass is 10.2. The summed E-state index contributed by atoms with van der Waals surface area (Å²) in [5.74, 6) is -1.18. The summed E-state index contributed by atoms with van der Waals surface area (Å²) in [6, 6.07) is 22.8. The van der Waals surface area contributed by atoms with Crippen molar-refractivity contribution >= 4 is 29.3 Å². The number of rotatable bonds is 6. The molecule has 0 spiro atoms. The number of piperazine rings is 1. The van der Waals surface area contributed by atoms with Gasteiger partial charge in [0.2, 0.25) is 0 Å². The van der Waals surface area contributed by atoms with E-state index in [-0.39, 0.29) is 18.3 Å². The van der Waals surface area contributed by atoms with E-state index in [1.54, 1.807) is 59.5 Å². The molecule has 1 saturated heterocycles. The second-order valence-corrected chi connectivity index (χ2v) is 8.69. The summed E-state index contributed by atoms with van der Waals surface area (Å²) in [4.78, 5) is 30.3. The topological polar surface area (TPSA) is 73.6 Å². The molecule has 1 amide bonds. The Hall–Kier alpha value is -3.83. The first-order chi connectivity index (χ1) is 16.6. The third-order valence-electron chi connectivity index (χ3n) is 5.49. The van der Waals surface area contributed by atoms with E-state index < -0.39 is 5.97 Å². The van der Waals surface area contributed by atoms with Crippen molar-refractivity contribution in [1.82, 2.24) is 4.90 Å². The number of benzene rings is 3. The molecule has 0 unspecified atom stereocenters. The van der Waals surface area contributed by atoms with Crippen molar-refractivity contribution < 1.29 is 18.7 Å². The van der Waals surface area contributed by atoms with Gasteiger partial charge in [-0.1, -0.05) is 48.2 Å². The molecule has 4 rings (SSSR count). The highest BCUT2D eigenvalue weighted by atomic mass is 32.2. The van der Waals surface area contributed by atoms with Crippen molar-refractivity contribution in [3.8, 4) is 6.07 Å². The van der Waals surface area contributed by atoms with Crippen LogP contribution >= 0.6 is 11.8 Å². The van der Waals surface area contributed by atoms with Crippen LogP contribution < -0.4 is 4.90 Å². The van der Waals surface area contributed by atoms with Gasteiger partial charge in [0.05, 0.1) is 16.8 Å². The number of nitriles is 1. The molecule has 0 radical (unpaired) electrons. The van der Waals surface area contributed by atoms with Gasteiger partial charge in [-0.3, -0.25) is 4.79 Å². The zero-order chi connectivity index (χ0) is 23.9. The molecular formula is C26H22FN3O3S. The first-order valence-electron chi connectivity index (χ1n) is 10.8. The van der Waals surface area contributed by atoms with Crippen LogP contribution in [0.2, 0.25) is 0 Å². The van der Waals surface area contributed by atoms with E-state index in [9.17, 15) is 19.2 Å². The maximum absolute atomic E-state index is 14.0. The average molecular weight is 476 g/mol. The highest BCUT2D eigenvalue weighted by Gasteiger charge is 2.24. The maximum atomic E-state index is 14.0. The minimum atomic E-state index is -0.601. The number of amides is 1. The Balaban J connectivity index is 1.34. The Morgan fingerprint density at radius 3 is 2.29 bits per heavy atom. The molecule has 0 aromatic heterocycles. The SMILES string of the molecule is N#Cc1ccccc1Sc1ccccc1C(=O)OCC(=O)N1CCN(c2ccccc2F)CC1. The van der Waals surface area contributed by atoms with Gasteiger partial charge < -0.3 is 14.5 Å². The van der Waals surface area contributed by atoms with Crippen LogP contribution in [-0.2, 0) is 9.53 Å². The number of hydrogen-bond donors (Lipinski definition) is 0. The monoisotopic (exact) mass is 475 g/mol. The van der Waals surface area contributed by atoms with Crippen LogP contribution in [0, 0.1) is 17.1 Å². The molecule has 172 valence electrons. The fraction of sp³-hybridized carbons (Fsp3) is 0.192. The van der Waals surface area contributed by atoms with Gasteiger partial charge in [0, 0.05) is 36.0 Å². The van der Waals surface area contributed by atoms with Gasteiger partial charge in [-0.25, -0.2) is 9.18 Å². The fourth-order valence-electron chi connectivity index (χ4n) is 3.69. The highest BCUT2D eigenvalue weighted by Crippen LogP contribution is 2.33. The molecule has 1 aliphatic rings. The van der Waals surface area contributed by atoms with Gasteiger partial charge in [0.1, 0.15) is 11.9 Å². The minimum absolute atomic E-state index is 0.287. The van der Waals surface area contributed by atoms with Crippen LogP contribution in [0.4, 0.5) is 10.1 Å². The van der Waals surface area contributed by atoms with E-state index in [4.69, 9.17) is 4.74 Å². The number of para-hydroxylation sites is 1. The number of anilines is 1. The normalized spacial score (nSPS) is 13.3. The first-order valence-corrected chi connectivity index (χ1v) is 11.6. The van der Waals surface area contributed by atoms with Crippen molar-refractivity contribution in [2.75, 3.05) is 37.7 Å². The summed E-state index contributed by atoms with van der Waals surface area (Å²) in [6.45, 7) is 1.47. The van der Waals surface area contributed by atoms with E-state index in [1.165, 1.54) is 17.8 Å². The van der Waals surface area contributed by atoms with E-state index in [0.717, 1.165) is 4.90 Å². The quantitative estimate of drug-likeness (QED) is 0.494. The number of nitrogens with zero attached hydrogens (tertiary/aromatic N) is 3. The molecule has 0 bridgehead atoms. The number of hydrogen-bond acceptors (Lipinski definition) is 6. The summed E-state index contributed by atoms with van der Waals surface area (Å²) in [5.41, 5.74) is 1.37. The van der Waals surface area contributed by atoms with Crippen LogP contribution in [-0.4, -0.2) is 49.6 Å². The predicted molar refractivity (Wildman–Crippen MR) is 127 cm³/mol. The smallest absolute Gasteiger partial charge is 0.339 e. The van der Waals surface area contributed by atoms with Crippen molar-refractivity contribution in [3.05, 3.63) is 89.7 Å². The Morgan fingerprint density at radius 2 is 1.56 bits per heavy atom. The van der Waals surface area contributed by atoms with E-state index >= 15 is 0 Å². The van der Waals surface area contributed by atoms with E-state index in [1.807, 2.05) is 17.0 Å². The zero-order valence-corrected chi connectivity index (χ0v) is 19.1. The summed E-state index contributed by atoms with van der Waals surface area (Å²) >= 11 is 1.30. The molecule has 0 atom stereocenters. The van der Waals surface area contributed by atoms with Crippen LogP contribution in [0.15, 0.2) is 82.6 Å². The molecule has 6 nitrogen and oxygen atoms in total. The second-order valence-electron chi connectivity index (χ2n) is 7.60. The first kappa shape index (κ1) is 23.3. The van der Waals surface area contributed by atoms with Gasteiger partial charge >= 0.3 is 5.97 Å². The molecule has 8 heteroatoms. The maximum Gasteiger partial charge on any atom is 0.339 e. The molecule has 3 aromatic carbocycles. The van der Waals surface area contributed by atoms with E-state index in [0.29, 0.717) is 47.9 Å². The number of esters is 1. The lowest BCUT2D eigenvalue weighted by Crippen LogP contribution is -2.50. The molecular weight excluding hydrogens is 453 g/mol. The van der Waals surface area contributed by atoms with Crippen molar-refractivity contribution in [2.45, 2.75) is 9.79 Å². The largest absolute Gasteiger partial charge is 0.452 e. The third-order valence-corrected chi connectivity index (χ3v) is 6.64. The second kappa shape index (κ2) is 10.9. The molecule has 1 aliphatic heterocycles. The third kappa shape index (κ3) is 5.38. The van der Waals surface area contributed by atoms with Gasteiger partial charge in [0.15, 0.2) is 6.61 Å². The van der Waals surface area contributed by atoms with Gasteiger partial charge in [0.25, 0.3) is 5.91 Å². The molecule has 0 saturated carbocycles. The number of carbonyl (C=O) groups is 2. The van der Waals surface area contributed by atoms with Gasteiger partial charge in [-0.15, -0.1) is 0 Å². The van der Waals surface area contributed by atoms with E-state index in [2.05, 4.69) is 6.07 Å². The predicted octanol–water partition coefficient (Wildman–Crippen LogP) is 4.35. The molecule has 0 N–H and O–H groups in total. The average Bonchev–Trinajstić information content (AvgIpc) is 2.88. The van der Waals surface area contributed by atoms with Gasteiger partial charge in [-0.05, 0) is 36.4 Å². The summed E-state index contributed by atoms with van der Waals surface area (Å²) < 4.78 is 19.3. The number of halogens is 1. The molecule has 3 aromatic rings. The van der Waals surface area contributed by atoms with Crippen molar-refractivity contribution in [3.63, 3.8) is 0 Å². The lowest BCUT2D eigenvalue weighted by Gasteiger charge is -2.36. The van der Waals surface area contributed by atoms with Crippen LogP contribution in [0.25, 0.3) is 0 Å². The number of carbonyl (C=O) groups excluding carboxylic acids is 2. The van der Waals surface area contributed by atoms with Crippen LogP contribution in [0.5, 0.6) is 0 Å². The van der Waals surface area contributed by atoms with Crippen molar-refractivity contribution in [1.29, 1.82) is 5.26 Å². The van der Waals surface area contributed by atoms with Crippen LogP contribution in [0.3, 0.4) is 0 Å². The summed E-state index contributed by atoms with van der Waals surface area (Å²) in [6.07, 6.45) is 0. The van der Waals surface area contributed by atoms with Gasteiger partial charge in [-0.2, -0.15) is 5.26 Å². The molecule has 1 heterocycles. The molecule has 0 aliphatic carbocycles. The number of ether oxygens (including phenoxy) is 1. The Labute approximate surface area is 201 Å². The Kier molecular flexibility index (Phi) is 7.45. The molecule has 34 heavy (non-hydrogen) atoms.